The smallest absolute Gasteiger partial charge is 0.410 e. The number of benzene rings is 1. The van der Waals surface area contributed by atoms with Crippen LogP contribution in [-0.2, 0) is 22.1 Å². The number of likely N-dealkylation sites (tertiary alicyclic amines) is 1. The molecule has 1 aliphatic heterocycles. The Morgan fingerprint density at radius 1 is 1.00 bits per heavy atom. The number of nitrogens with zero attached hydrogens (tertiary/aromatic N) is 5. The minimum Gasteiger partial charge on any atom is -0.444 e. The van der Waals surface area contributed by atoms with Crippen molar-refractivity contribution in [1.82, 2.24) is 24.8 Å². The van der Waals surface area contributed by atoms with E-state index in [1.54, 1.807) is 42.8 Å². The average molecular weight is 666 g/mol. The van der Waals surface area contributed by atoms with Crippen molar-refractivity contribution in [2.24, 2.45) is 0 Å². The van der Waals surface area contributed by atoms with Crippen molar-refractivity contribution in [2.45, 2.75) is 109 Å². The first-order valence-electron chi connectivity index (χ1n) is 15.8. The van der Waals surface area contributed by atoms with Gasteiger partial charge in [0.05, 0.1) is 30.6 Å². The molecule has 3 heterocycles. The molecule has 3 unspecified atom stereocenters. The van der Waals surface area contributed by atoms with Gasteiger partial charge in [0, 0.05) is 42.8 Å². The molecule has 1 saturated heterocycles. The van der Waals surface area contributed by atoms with Gasteiger partial charge in [-0.1, -0.05) is 50.6 Å². The highest BCUT2D eigenvalue weighted by Crippen LogP contribution is 2.44. The van der Waals surface area contributed by atoms with E-state index in [9.17, 15) is 9.59 Å². The Morgan fingerprint density at radius 2 is 1.70 bits per heavy atom. The Morgan fingerprint density at radius 3 is 2.26 bits per heavy atom. The van der Waals surface area contributed by atoms with E-state index in [1.165, 1.54) is 0 Å². The third-order valence-electron chi connectivity index (χ3n) is 8.84. The van der Waals surface area contributed by atoms with Crippen LogP contribution in [0.2, 0.25) is 23.3 Å². The zero-order valence-electron chi connectivity index (χ0n) is 28.6. The first-order valence-corrected chi connectivity index (χ1v) is 19.1. The largest absolute Gasteiger partial charge is 0.444 e. The van der Waals surface area contributed by atoms with Gasteiger partial charge in [-0.15, -0.1) is 0 Å². The van der Waals surface area contributed by atoms with Crippen molar-refractivity contribution >= 4 is 31.9 Å². The summed E-state index contributed by atoms with van der Waals surface area (Å²) in [7, 11) is -0.523. The molecule has 0 N–H and O–H groups in total. The Hall–Kier alpha value is -3.34. The SMILES string of the molecule is CN(Cc1cnccn1)C(=O)c1ccc(CC2CCC(C(O[Si](C)(C)C(C)(C)C)c3ccc(Cl)nc3)N2C(=O)OC(C)(C)C)cc1. The molecule has 3 aromatic rings. The third kappa shape index (κ3) is 8.92. The molecule has 11 heteroatoms. The summed E-state index contributed by atoms with van der Waals surface area (Å²) in [5.74, 6) is -0.101. The van der Waals surface area contributed by atoms with Crippen LogP contribution in [0.3, 0.4) is 0 Å². The Labute approximate surface area is 279 Å². The van der Waals surface area contributed by atoms with Crippen LogP contribution in [0.1, 0.15) is 87.7 Å². The molecular weight excluding hydrogens is 618 g/mol. The minimum atomic E-state index is -2.27. The number of carbonyl (C=O) groups excluding carboxylic acids is 2. The van der Waals surface area contributed by atoms with E-state index in [2.05, 4.69) is 48.8 Å². The molecule has 1 aliphatic rings. The summed E-state index contributed by atoms with van der Waals surface area (Å²) in [6, 6.07) is 11.0. The molecule has 2 amide bonds. The lowest BCUT2D eigenvalue weighted by atomic mass is 10.0. The topological polar surface area (TPSA) is 97.8 Å². The van der Waals surface area contributed by atoms with Crippen LogP contribution in [0.4, 0.5) is 4.79 Å². The van der Waals surface area contributed by atoms with Crippen LogP contribution in [-0.4, -0.2) is 69.8 Å². The zero-order valence-corrected chi connectivity index (χ0v) is 30.3. The van der Waals surface area contributed by atoms with Gasteiger partial charge < -0.3 is 14.1 Å². The molecule has 46 heavy (non-hydrogen) atoms. The maximum atomic E-state index is 14.0. The molecule has 1 fully saturated rings. The average Bonchev–Trinajstić information content (AvgIpc) is 3.39. The third-order valence-corrected chi connectivity index (χ3v) is 13.5. The predicted molar refractivity (Wildman–Crippen MR) is 183 cm³/mol. The number of carbonyl (C=O) groups is 2. The molecule has 0 saturated carbocycles. The highest BCUT2D eigenvalue weighted by atomic mass is 35.5. The van der Waals surface area contributed by atoms with Crippen molar-refractivity contribution in [3.63, 3.8) is 0 Å². The fourth-order valence-electron chi connectivity index (χ4n) is 5.43. The van der Waals surface area contributed by atoms with Crippen LogP contribution in [0.5, 0.6) is 0 Å². The van der Waals surface area contributed by atoms with Gasteiger partial charge in [0.1, 0.15) is 10.8 Å². The molecule has 1 aromatic carbocycles. The van der Waals surface area contributed by atoms with Crippen molar-refractivity contribution in [1.29, 1.82) is 0 Å². The lowest BCUT2D eigenvalue weighted by Gasteiger charge is -2.43. The number of amides is 2. The first-order chi connectivity index (χ1) is 21.4. The molecule has 248 valence electrons. The number of rotatable bonds is 9. The van der Waals surface area contributed by atoms with Crippen molar-refractivity contribution in [2.75, 3.05) is 7.05 Å². The monoisotopic (exact) mass is 665 g/mol. The molecule has 0 spiro atoms. The van der Waals surface area contributed by atoms with Gasteiger partial charge >= 0.3 is 6.09 Å². The quantitative estimate of drug-likeness (QED) is 0.169. The second kappa shape index (κ2) is 14.2. The summed E-state index contributed by atoms with van der Waals surface area (Å²) in [5, 5.41) is 0.367. The van der Waals surface area contributed by atoms with E-state index in [4.69, 9.17) is 20.8 Å². The first kappa shape index (κ1) is 35.5. The molecule has 0 bridgehead atoms. The maximum Gasteiger partial charge on any atom is 0.410 e. The number of aromatic nitrogens is 3. The van der Waals surface area contributed by atoms with E-state index in [0.717, 1.165) is 29.7 Å². The van der Waals surface area contributed by atoms with E-state index in [1.807, 2.05) is 56.0 Å². The zero-order chi connectivity index (χ0) is 33.9. The summed E-state index contributed by atoms with van der Waals surface area (Å²) in [6.07, 6.45) is 8.03. The van der Waals surface area contributed by atoms with E-state index in [-0.39, 0.29) is 29.1 Å². The second-order valence-corrected chi connectivity index (χ2v) is 19.8. The maximum absolute atomic E-state index is 14.0. The van der Waals surface area contributed by atoms with Gasteiger partial charge in [-0.3, -0.25) is 19.7 Å². The summed E-state index contributed by atoms with van der Waals surface area (Å²) < 4.78 is 13.1. The van der Waals surface area contributed by atoms with Crippen molar-refractivity contribution in [3.05, 3.63) is 88.7 Å². The number of ether oxygens (including phenoxy) is 1. The van der Waals surface area contributed by atoms with E-state index < -0.39 is 20.0 Å². The van der Waals surface area contributed by atoms with Gasteiger partial charge in [-0.05, 0) is 81.9 Å². The predicted octanol–water partition coefficient (Wildman–Crippen LogP) is 7.87. The van der Waals surface area contributed by atoms with Gasteiger partial charge in [-0.25, -0.2) is 9.78 Å². The van der Waals surface area contributed by atoms with Gasteiger partial charge in [-0.2, -0.15) is 0 Å². The highest BCUT2D eigenvalue weighted by molar-refractivity contribution is 6.74. The normalized spacial score (nSPS) is 17.9. The summed E-state index contributed by atoms with van der Waals surface area (Å²) in [4.78, 5) is 43.3. The number of pyridine rings is 1. The van der Waals surface area contributed by atoms with Crippen molar-refractivity contribution < 1.29 is 18.8 Å². The lowest BCUT2D eigenvalue weighted by Crippen LogP contribution is -2.50. The Balaban J connectivity index is 1.60. The van der Waals surface area contributed by atoms with E-state index in [0.29, 0.717) is 23.7 Å². The standard InChI is InChI=1S/C35H48ClN5O4Si/c1-34(2,3)44-33(43)41-28(20-24-10-12-25(13-11-24)32(42)40(7)23-27-22-37-18-19-38-27)15-16-29(41)31(26-14-17-30(36)39-21-26)45-46(8,9)35(4,5)6/h10-14,17-19,21-22,28-29,31H,15-16,20,23H2,1-9H3. The molecule has 3 atom stereocenters. The lowest BCUT2D eigenvalue weighted by molar-refractivity contribution is -0.00244. The molecular formula is C35H48ClN5O4Si. The summed E-state index contributed by atoms with van der Waals surface area (Å²) in [6.45, 7) is 17.1. The van der Waals surface area contributed by atoms with Crippen LogP contribution in [0.25, 0.3) is 0 Å². The summed E-state index contributed by atoms with van der Waals surface area (Å²) in [5.41, 5.74) is 2.56. The Kier molecular flexibility index (Phi) is 11.0. The molecule has 0 radical (unpaired) electrons. The molecule has 9 nitrogen and oxygen atoms in total. The van der Waals surface area contributed by atoms with E-state index >= 15 is 0 Å². The highest BCUT2D eigenvalue weighted by Gasteiger charge is 2.47. The fourth-order valence-corrected chi connectivity index (χ4v) is 6.82. The number of hydrogen-bond donors (Lipinski definition) is 0. The van der Waals surface area contributed by atoms with Crippen LogP contribution in [0, 0.1) is 0 Å². The van der Waals surface area contributed by atoms with Crippen molar-refractivity contribution in [3.8, 4) is 0 Å². The molecule has 0 aliphatic carbocycles. The minimum absolute atomic E-state index is 0.0401. The summed E-state index contributed by atoms with van der Waals surface area (Å²) >= 11 is 6.17. The number of halogens is 1. The molecule has 2 aromatic heterocycles. The van der Waals surface area contributed by atoms with Crippen LogP contribution < -0.4 is 0 Å². The molecule has 4 rings (SSSR count). The Bertz CT molecular complexity index is 1470. The fraction of sp³-hybridized carbons (Fsp3) is 0.514. The van der Waals surface area contributed by atoms with Gasteiger partial charge in [0.25, 0.3) is 5.91 Å². The number of hydrogen-bond acceptors (Lipinski definition) is 7. The second-order valence-electron chi connectivity index (χ2n) is 14.7. The van der Waals surface area contributed by atoms with Crippen LogP contribution >= 0.6 is 11.6 Å². The van der Waals surface area contributed by atoms with Gasteiger partial charge in [0.2, 0.25) is 0 Å². The van der Waals surface area contributed by atoms with Gasteiger partial charge in [0.15, 0.2) is 8.32 Å². The van der Waals surface area contributed by atoms with Crippen LogP contribution in [0.15, 0.2) is 61.2 Å².